The minimum atomic E-state index is -0.465. The molecule has 3 aromatic rings. The molecule has 0 unspecified atom stereocenters. The Hall–Kier alpha value is -2.47. The Labute approximate surface area is 125 Å². The first-order valence-electron chi connectivity index (χ1n) is 6.19. The lowest BCUT2D eigenvalue weighted by molar-refractivity contribution is 0.0601. The van der Waals surface area contributed by atoms with Gasteiger partial charge in [-0.1, -0.05) is 18.2 Å². The summed E-state index contributed by atoms with van der Waals surface area (Å²) in [6.45, 7) is 0. The number of hydrogen-bond donors (Lipinski definition) is 1. The number of nitrogens with zero attached hydrogens (tertiary/aromatic N) is 1. The Morgan fingerprint density at radius 3 is 2.81 bits per heavy atom. The number of esters is 1. The van der Waals surface area contributed by atoms with Crippen LogP contribution in [0.4, 0.5) is 5.69 Å². The van der Waals surface area contributed by atoms with Crippen molar-refractivity contribution in [3.05, 3.63) is 48.0 Å². The number of nitrogen functional groups attached to an aromatic ring is 1. The van der Waals surface area contributed by atoms with Crippen molar-refractivity contribution in [3.8, 4) is 0 Å². The van der Waals surface area contributed by atoms with Crippen LogP contribution in [0, 0.1) is 0 Å². The topological polar surface area (TPSA) is 78.3 Å². The highest BCUT2D eigenvalue weighted by Gasteiger charge is 2.15. The van der Waals surface area contributed by atoms with Gasteiger partial charge in [0.05, 0.1) is 18.4 Å². The molecule has 2 aromatic carbocycles. The monoisotopic (exact) mass is 300 g/mol. The average Bonchev–Trinajstić information content (AvgIpc) is 2.91. The molecule has 0 radical (unpaired) electrons. The fourth-order valence-electron chi connectivity index (χ4n) is 1.91. The van der Waals surface area contributed by atoms with Crippen LogP contribution in [0.15, 0.2) is 57.0 Å². The Bertz CT molecular complexity index is 781. The lowest BCUT2D eigenvalue weighted by atomic mass is 10.2. The Morgan fingerprint density at radius 2 is 2.05 bits per heavy atom. The zero-order valence-corrected chi connectivity index (χ0v) is 12.0. The van der Waals surface area contributed by atoms with Crippen LogP contribution in [0.25, 0.3) is 11.1 Å². The van der Waals surface area contributed by atoms with E-state index in [1.807, 2.05) is 24.3 Å². The van der Waals surface area contributed by atoms with Crippen molar-refractivity contribution in [3.63, 3.8) is 0 Å². The standard InChI is InChI=1S/C15H12N2O3S/c1-19-14(18)9-5-4-8-12(13(9)16)21-15-17-10-6-2-3-7-11(10)20-15/h2-8H,16H2,1H3. The van der Waals surface area contributed by atoms with Crippen LogP contribution in [0.1, 0.15) is 10.4 Å². The third kappa shape index (κ3) is 2.57. The van der Waals surface area contributed by atoms with Gasteiger partial charge in [0.1, 0.15) is 5.52 Å². The molecule has 1 heterocycles. The number of oxazole rings is 1. The van der Waals surface area contributed by atoms with E-state index in [9.17, 15) is 4.79 Å². The molecule has 6 heteroatoms. The van der Waals surface area contributed by atoms with Crippen LogP contribution < -0.4 is 5.73 Å². The van der Waals surface area contributed by atoms with Crippen LogP contribution in [0.2, 0.25) is 0 Å². The highest BCUT2D eigenvalue weighted by atomic mass is 32.2. The van der Waals surface area contributed by atoms with E-state index in [-0.39, 0.29) is 0 Å². The average molecular weight is 300 g/mol. The van der Waals surface area contributed by atoms with Gasteiger partial charge in [-0.3, -0.25) is 0 Å². The molecule has 0 aliphatic heterocycles. The first kappa shape index (κ1) is 13.5. The maximum atomic E-state index is 11.6. The molecule has 21 heavy (non-hydrogen) atoms. The summed E-state index contributed by atoms with van der Waals surface area (Å²) < 4.78 is 10.3. The number of hydrogen-bond acceptors (Lipinski definition) is 6. The fraction of sp³-hybridized carbons (Fsp3) is 0.0667. The molecule has 0 saturated carbocycles. The maximum absolute atomic E-state index is 11.6. The Morgan fingerprint density at radius 1 is 1.24 bits per heavy atom. The van der Waals surface area contributed by atoms with Gasteiger partial charge >= 0.3 is 5.97 Å². The summed E-state index contributed by atoms with van der Waals surface area (Å²) in [6, 6.07) is 12.7. The summed E-state index contributed by atoms with van der Waals surface area (Å²) in [5.41, 5.74) is 8.19. The fourth-order valence-corrected chi connectivity index (χ4v) is 2.74. The van der Waals surface area contributed by atoms with Gasteiger partial charge in [0.2, 0.25) is 0 Å². The van der Waals surface area contributed by atoms with Crippen molar-refractivity contribution in [2.45, 2.75) is 10.1 Å². The van der Waals surface area contributed by atoms with Gasteiger partial charge in [0.15, 0.2) is 5.58 Å². The van der Waals surface area contributed by atoms with Gasteiger partial charge in [0.25, 0.3) is 5.22 Å². The van der Waals surface area contributed by atoms with E-state index in [0.29, 0.717) is 27.0 Å². The van der Waals surface area contributed by atoms with Crippen LogP contribution in [-0.2, 0) is 4.74 Å². The number of rotatable bonds is 3. The minimum absolute atomic E-state index is 0.332. The molecular formula is C15H12N2O3S. The maximum Gasteiger partial charge on any atom is 0.339 e. The normalized spacial score (nSPS) is 10.7. The predicted octanol–water partition coefficient (Wildman–Crippen LogP) is 3.35. The van der Waals surface area contributed by atoms with E-state index in [1.165, 1.54) is 18.9 Å². The number of nitrogens with two attached hydrogens (primary N) is 1. The van der Waals surface area contributed by atoms with Gasteiger partial charge in [0, 0.05) is 4.90 Å². The summed E-state index contributed by atoms with van der Waals surface area (Å²) in [4.78, 5) is 16.7. The summed E-state index contributed by atoms with van der Waals surface area (Å²) in [5.74, 6) is -0.465. The second kappa shape index (κ2) is 5.49. The molecular weight excluding hydrogens is 288 g/mol. The molecule has 0 aliphatic carbocycles. The third-order valence-corrected chi connectivity index (χ3v) is 3.87. The van der Waals surface area contributed by atoms with Gasteiger partial charge in [-0.25, -0.2) is 9.78 Å². The number of aromatic nitrogens is 1. The number of methoxy groups -OCH3 is 1. The Kier molecular flexibility index (Phi) is 3.53. The lowest BCUT2D eigenvalue weighted by Gasteiger charge is -2.07. The largest absolute Gasteiger partial charge is 0.465 e. The van der Waals surface area contributed by atoms with Gasteiger partial charge in [-0.2, -0.15) is 0 Å². The summed E-state index contributed by atoms with van der Waals surface area (Å²) >= 11 is 1.27. The van der Waals surface area contributed by atoms with E-state index in [4.69, 9.17) is 14.9 Å². The van der Waals surface area contributed by atoms with Crippen molar-refractivity contribution < 1.29 is 13.9 Å². The van der Waals surface area contributed by atoms with Crippen LogP contribution in [-0.4, -0.2) is 18.1 Å². The molecule has 0 saturated heterocycles. The van der Waals surface area contributed by atoms with E-state index >= 15 is 0 Å². The molecule has 0 fully saturated rings. The quantitative estimate of drug-likeness (QED) is 0.590. The van der Waals surface area contributed by atoms with Crippen molar-refractivity contribution in [2.75, 3.05) is 12.8 Å². The third-order valence-electron chi connectivity index (χ3n) is 2.94. The Balaban J connectivity index is 1.96. The highest BCUT2D eigenvalue weighted by Crippen LogP contribution is 2.34. The summed E-state index contributed by atoms with van der Waals surface area (Å²) in [7, 11) is 1.32. The number of fused-ring (bicyclic) bond motifs is 1. The van der Waals surface area contributed by atoms with Crippen LogP contribution in [0.3, 0.4) is 0 Å². The molecule has 5 nitrogen and oxygen atoms in total. The van der Waals surface area contributed by atoms with Gasteiger partial charge in [-0.05, 0) is 36.0 Å². The van der Waals surface area contributed by atoms with Crippen molar-refractivity contribution in [2.24, 2.45) is 0 Å². The number of carbonyl (C=O) groups excluding carboxylic acids is 1. The minimum Gasteiger partial charge on any atom is -0.465 e. The molecule has 2 N–H and O–H groups in total. The number of carbonyl (C=O) groups is 1. The molecule has 1 aromatic heterocycles. The molecule has 0 aliphatic rings. The van der Waals surface area contributed by atoms with Gasteiger partial charge < -0.3 is 14.9 Å². The molecule has 3 rings (SSSR count). The summed E-state index contributed by atoms with van der Waals surface area (Å²) in [6.07, 6.45) is 0. The number of anilines is 1. The lowest BCUT2D eigenvalue weighted by Crippen LogP contribution is -2.06. The van der Waals surface area contributed by atoms with E-state index < -0.39 is 5.97 Å². The van der Waals surface area contributed by atoms with Crippen LogP contribution in [0.5, 0.6) is 0 Å². The van der Waals surface area contributed by atoms with Crippen LogP contribution >= 0.6 is 11.8 Å². The number of para-hydroxylation sites is 3. The molecule has 0 spiro atoms. The summed E-state index contributed by atoms with van der Waals surface area (Å²) in [5, 5.41) is 0.477. The zero-order chi connectivity index (χ0) is 14.8. The molecule has 0 atom stereocenters. The molecule has 0 amide bonds. The van der Waals surface area contributed by atoms with E-state index in [0.717, 1.165) is 5.52 Å². The second-order valence-corrected chi connectivity index (χ2v) is 5.25. The van der Waals surface area contributed by atoms with Crippen molar-refractivity contribution >= 4 is 34.5 Å². The predicted molar refractivity (Wildman–Crippen MR) is 80.3 cm³/mol. The molecule has 106 valence electrons. The number of benzene rings is 2. The number of ether oxygens (including phenoxy) is 1. The van der Waals surface area contributed by atoms with E-state index in [2.05, 4.69) is 4.98 Å². The van der Waals surface area contributed by atoms with Gasteiger partial charge in [-0.15, -0.1) is 0 Å². The van der Waals surface area contributed by atoms with E-state index in [1.54, 1.807) is 18.2 Å². The first-order chi connectivity index (χ1) is 10.2. The van der Waals surface area contributed by atoms with Crippen molar-refractivity contribution in [1.82, 2.24) is 4.98 Å². The second-order valence-electron chi connectivity index (χ2n) is 4.26. The highest BCUT2D eigenvalue weighted by molar-refractivity contribution is 7.99. The SMILES string of the molecule is COC(=O)c1cccc(Sc2nc3ccccc3o2)c1N. The molecule has 0 bridgehead atoms. The first-order valence-corrected chi connectivity index (χ1v) is 7.01. The smallest absolute Gasteiger partial charge is 0.339 e. The van der Waals surface area contributed by atoms with Crippen molar-refractivity contribution in [1.29, 1.82) is 0 Å². The zero-order valence-electron chi connectivity index (χ0n) is 11.2.